The van der Waals surface area contributed by atoms with E-state index in [1.807, 2.05) is 0 Å². The maximum Gasteiger partial charge on any atom is 0.314 e. The number of hydrogen-bond acceptors (Lipinski definition) is 3. The number of aromatic hydroxyl groups is 2. The third-order valence-corrected chi connectivity index (χ3v) is 3.08. The van der Waals surface area contributed by atoms with Crippen LogP contribution in [-0.2, 0) is 10.2 Å². The molecule has 0 bridgehead atoms. The van der Waals surface area contributed by atoms with Crippen LogP contribution >= 0.6 is 0 Å². The van der Waals surface area contributed by atoms with Gasteiger partial charge in [0.25, 0.3) is 0 Å². The molecule has 0 amide bonds. The zero-order valence-corrected chi connectivity index (χ0v) is 8.32. The number of phenolic OH excluding ortho intramolecular Hbond substituents is 2. The second-order valence-electron chi connectivity index (χ2n) is 3.99. The number of phenols is 2. The van der Waals surface area contributed by atoms with Crippen LogP contribution in [-0.4, -0.2) is 21.3 Å². The number of benzene rings is 1. The summed E-state index contributed by atoms with van der Waals surface area (Å²) < 4.78 is 0. The van der Waals surface area contributed by atoms with E-state index in [0.29, 0.717) is 24.0 Å². The monoisotopic (exact) mass is 208 g/mol. The van der Waals surface area contributed by atoms with Crippen molar-refractivity contribution in [1.82, 2.24) is 0 Å². The molecule has 1 fully saturated rings. The smallest absolute Gasteiger partial charge is 0.314 e. The molecule has 1 aromatic carbocycles. The van der Waals surface area contributed by atoms with Crippen molar-refractivity contribution >= 4 is 5.97 Å². The van der Waals surface area contributed by atoms with Crippen LogP contribution in [0.25, 0.3) is 0 Å². The summed E-state index contributed by atoms with van der Waals surface area (Å²) >= 11 is 0. The third kappa shape index (κ3) is 1.25. The third-order valence-electron chi connectivity index (χ3n) is 3.08. The summed E-state index contributed by atoms with van der Waals surface area (Å²) in [5, 5.41) is 28.2. The highest BCUT2D eigenvalue weighted by Gasteiger charge is 2.53. The average molecular weight is 208 g/mol. The van der Waals surface area contributed by atoms with Gasteiger partial charge in [-0.05, 0) is 25.8 Å². The van der Waals surface area contributed by atoms with Crippen LogP contribution < -0.4 is 0 Å². The van der Waals surface area contributed by atoms with Crippen LogP contribution in [0.3, 0.4) is 0 Å². The Kier molecular flexibility index (Phi) is 1.89. The summed E-state index contributed by atoms with van der Waals surface area (Å²) in [6.45, 7) is 1.56. The van der Waals surface area contributed by atoms with E-state index in [4.69, 9.17) is 5.11 Å². The van der Waals surface area contributed by atoms with Crippen LogP contribution in [0.1, 0.15) is 24.0 Å². The van der Waals surface area contributed by atoms with Gasteiger partial charge in [-0.1, -0.05) is 6.07 Å². The van der Waals surface area contributed by atoms with Crippen molar-refractivity contribution in [3.63, 3.8) is 0 Å². The number of carboxylic acids is 1. The molecule has 1 saturated carbocycles. The summed E-state index contributed by atoms with van der Waals surface area (Å²) in [5.41, 5.74) is -0.187. The molecule has 0 aliphatic heterocycles. The largest absolute Gasteiger partial charge is 0.508 e. The summed E-state index contributed by atoms with van der Waals surface area (Å²) in [7, 11) is 0. The molecule has 1 aromatic rings. The fraction of sp³-hybridized carbons (Fsp3) is 0.364. The molecule has 15 heavy (non-hydrogen) atoms. The van der Waals surface area contributed by atoms with Crippen molar-refractivity contribution in [3.05, 3.63) is 23.3 Å². The molecule has 0 saturated heterocycles. The molecule has 0 radical (unpaired) electrons. The number of rotatable bonds is 2. The molecule has 4 heteroatoms. The minimum Gasteiger partial charge on any atom is -0.508 e. The lowest BCUT2D eigenvalue weighted by Crippen LogP contribution is -2.19. The van der Waals surface area contributed by atoms with E-state index in [2.05, 4.69) is 0 Å². The first-order valence-electron chi connectivity index (χ1n) is 4.74. The van der Waals surface area contributed by atoms with Gasteiger partial charge in [-0.15, -0.1) is 0 Å². The van der Waals surface area contributed by atoms with E-state index in [0.717, 1.165) is 0 Å². The zero-order chi connectivity index (χ0) is 11.2. The maximum absolute atomic E-state index is 11.1. The predicted molar refractivity (Wildman–Crippen MR) is 53.1 cm³/mol. The molecule has 0 spiro atoms. The van der Waals surface area contributed by atoms with Gasteiger partial charge in [-0.2, -0.15) is 0 Å². The first kappa shape index (κ1) is 9.83. The molecular formula is C11H12O4. The number of carbonyl (C=O) groups is 1. The molecule has 1 aliphatic carbocycles. The molecular weight excluding hydrogens is 196 g/mol. The van der Waals surface area contributed by atoms with Gasteiger partial charge in [-0.25, -0.2) is 0 Å². The lowest BCUT2D eigenvalue weighted by Gasteiger charge is -2.14. The molecule has 80 valence electrons. The first-order chi connectivity index (χ1) is 6.99. The topological polar surface area (TPSA) is 77.8 Å². The van der Waals surface area contributed by atoms with Crippen LogP contribution in [0.5, 0.6) is 11.5 Å². The number of carboxylic acid groups (broad SMARTS) is 1. The van der Waals surface area contributed by atoms with Crippen LogP contribution in [0.15, 0.2) is 12.1 Å². The molecule has 3 N–H and O–H groups in total. The standard InChI is InChI=1S/C11H12O4/c1-6-8(12)3-2-7(9(6)13)11(4-5-11)10(14)15/h2-3,12-13H,4-5H2,1H3,(H,14,15). The van der Waals surface area contributed by atoms with Crippen molar-refractivity contribution in [2.45, 2.75) is 25.2 Å². The Morgan fingerprint density at radius 3 is 2.40 bits per heavy atom. The Morgan fingerprint density at radius 1 is 1.33 bits per heavy atom. The normalized spacial score (nSPS) is 17.4. The highest BCUT2D eigenvalue weighted by Crippen LogP contribution is 2.52. The second kappa shape index (κ2) is 2.89. The van der Waals surface area contributed by atoms with E-state index < -0.39 is 11.4 Å². The molecule has 0 atom stereocenters. The SMILES string of the molecule is Cc1c(O)ccc(C2(C(=O)O)CC2)c1O. The Labute approximate surface area is 86.8 Å². The fourth-order valence-electron chi connectivity index (χ4n) is 1.80. The molecule has 0 unspecified atom stereocenters. The molecule has 0 aromatic heterocycles. The Hall–Kier alpha value is -1.71. The Morgan fingerprint density at radius 2 is 1.93 bits per heavy atom. The quantitative estimate of drug-likeness (QED) is 0.688. The minimum absolute atomic E-state index is 0.0163. The molecule has 2 rings (SSSR count). The van der Waals surface area contributed by atoms with E-state index >= 15 is 0 Å². The van der Waals surface area contributed by atoms with Crippen molar-refractivity contribution in [2.75, 3.05) is 0 Å². The fourth-order valence-corrected chi connectivity index (χ4v) is 1.80. The Balaban J connectivity index is 2.55. The number of aliphatic carboxylic acids is 1. The van der Waals surface area contributed by atoms with Gasteiger partial charge in [0.15, 0.2) is 0 Å². The lowest BCUT2D eigenvalue weighted by atomic mass is 9.93. The van der Waals surface area contributed by atoms with Crippen LogP contribution in [0.2, 0.25) is 0 Å². The van der Waals surface area contributed by atoms with Gasteiger partial charge in [0.1, 0.15) is 11.5 Å². The highest BCUT2D eigenvalue weighted by molar-refractivity contribution is 5.86. The van der Waals surface area contributed by atoms with E-state index in [1.54, 1.807) is 6.92 Å². The molecule has 1 aliphatic rings. The van der Waals surface area contributed by atoms with E-state index in [1.165, 1.54) is 12.1 Å². The van der Waals surface area contributed by atoms with Gasteiger partial charge >= 0.3 is 5.97 Å². The van der Waals surface area contributed by atoms with Gasteiger partial charge < -0.3 is 15.3 Å². The van der Waals surface area contributed by atoms with Gasteiger partial charge in [0.2, 0.25) is 0 Å². The summed E-state index contributed by atoms with van der Waals surface area (Å²) in [4.78, 5) is 11.1. The van der Waals surface area contributed by atoms with Gasteiger partial charge in [0.05, 0.1) is 5.41 Å². The van der Waals surface area contributed by atoms with Crippen molar-refractivity contribution in [2.24, 2.45) is 0 Å². The van der Waals surface area contributed by atoms with Crippen molar-refractivity contribution in [3.8, 4) is 11.5 Å². The van der Waals surface area contributed by atoms with Gasteiger partial charge in [-0.3, -0.25) is 4.79 Å². The minimum atomic E-state index is -0.928. The summed E-state index contributed by atoms with van der Waals surface area (Å²) in [6, 6.07) is 2.91. The maximum atomic E-state index is 11.1. The number of hydrogen-bond donors (Lipinski definition) is 3. The first-order valence-corrected chi connectivity index (χ1v) is 4.74. The van der Waals surface area contributed by atoms with Crippen LogP contribution in [0.4, 0.5) is 0 Å². The van der Waals surface area contributed by atoms with E-state index in [-0.39, 0.29) is 11.5 Å². The van der Waals surface area contributed by atoms with Crippen LogP contribution in [0, 0.1) is 6.92 Å². The lowest BCUT2D eigenvalue weighted by molar-refractivity contribution is -0.140. The van der Waals surface area contributed by atoms with Gasteiger partial charge in [0, 0.05) is 11.1 Å². The van der Waals surface area contributed by atoms with Crippen molar-refractivity contribution in [1.29, 1.82) is 0 Å². The highest BCUT2D eigenvalue weighted by atomic mass is 16.4. The zero-order valence-electron chi connectivity index (χ0n) is 8.32. The molecule has 4 nitrogen and oxygen atoms in total. The summed E-state index contributed by atoms with van der Waals surface area (Å²) in [6.07, 6.45) is 1.08. The summed E-state index contributed by atoms with van der Waals surface area (Å²) in [5.74, 6) is -1.03. The second-order valence-corrected chi connectivity index (χ2v) is 3.99. The van der Waals surface area contributed by atoms with Crippen molar-refractivity contribution < 1.29 is 20.1 Å². The predicted octanol–water partition coefficient (Wildman–Crippen LogP) is 1.52. The van der Waals surface area contributed by atoms with E-state index in [9.17, 15) is 15.0 Å². The average Bonchev–Trinajstić information content (AvgIpc) is 2.95. The Bertz CT molecular complexity index is 432. The molecule has 0 heterocycles.